The van der Waals surface area contributed by atoms with Crippen LogP contribution in [0.25, 0.3) is 10.9 Å². The first-order valence-corrected chi connectivity index (χ1v) is 11.6. The molecule has 0 spiro atoms. The minimum atomic E-state index is 0.344. The number of hydrogen-bond acceptors (Lipinski definition) is 1. The molecule has 1 amide bonds. The monoisotopic (exact) mass is 400 g/mol. The number of aromatic nitrogens is 1. The van der Waals surface area contributed by atoms with Gasteiger partial charge in [0.05, 0.1) is 0 Å². The second kappa shape index (κ2) is 8.90. The maximum atomic E-state index is 12.6. The largest absolute Gasteiger partial charge is 0.344 e. The first kappa shape index (κ1) is 19.8. The number of benzene rings is 1. The van der Waals surface area contributed by atoms with Gasteiger partial charge < -0.3 is 9.47 Å². The van der Waals surface area contributed by atoms with Crippen molar-refractivity contribution >= 4 is 28.4 Å². The van der Waals surface area contributed by atoms with E-state index in [1.54, 1.807) is 0 Å². The van der Waals surface area contributed by atoms with Crippen LogP contribution in [0.4, 0.5) is 0 Å². The fourth-order valence-electron chi connectivity index (χ4n) is 5.29. The smallest absolute Gasteiger partial charge is 0.222 e. The van der Waals surface area contributed by atoms with Gasteiger partial charge in [0.15, 0.2) is 0 Å². The van der Waals surface area contributed by atoms with Gasteiger partial charge in [-0.3, -0.25) is 4.79 Å². The average molecular weight is 401 g/mol. The number of carbonyl (C=O) groups is 1. The molecule has 2 aromatic rings. The first-order valence-electron chi connectivity index (χ1n) is 11.2. The van der Waals surface area contributed by atoms with Crippen molar-refractivity contribution in [3.63, 3.8) is 0 Å². The van der Waals surface area contributed by atoms with Crippen LogP contribution in [0, 0.1) is 5.92 Å². The predicted molar refractivity (Wildman–Crippen MR) is 117 cm³/mol. The number of rotatable bonds is 6. The molecule has 1 atom stereocenters. The van der Waals surface area contributed by atoms with Gasteiger partial charge in [-0.1, -0.05) is 31.4 Å². The van der Waals surface area contributed by atoms with Crippen LogP contribution in [-0.4, -0.2) is 28.5 Å². The molecule has 0 saturated carbocycles. The summed E-state index contributed by atoms with van der Waals surface area (Å²) in [5, 5.41) is 2.16. The number of carbonyl (C=O) groups excluding carboxylic acids is 1. The highest BCUT2D eigenvalue weighted by molar-refractivity contribution is 6.31. The Kier molecular flexibility index (Phi) is 6.30. The zero-order valence-electron chi connectivity index (χ0n) is 17.2. The van der Waals surface area contributed by atoms with Gasteiger partial charge >= 0.3 is 0 Å². The third kappa shape index (κ3) is 4.10. The lowest BCUT2D eigenvalue weighted by Crippen LogP contribution is -2.35. The number of halogens is 1. The van der Waals surface area contributed by atoms with E-state index < -0.39 is 0 Å². The van der Waals surface area contributed by atoms with Crippen molar-refractivity contribution in [3.05, 3.63) is 34.5 Å². The first-order chi connectivity index (χ1) is 13.7. The Labute approximate surface area is 174 Å². The highest BCUT2D eigenvalue weighted by atomic mass is 35.5. The Balaban J connectivity index is 1.52. The van der Waals surface area contributed by atoms with E-state index >= 15 is 0 Å². The van der Waals surface area contributed by atoms with Crippen LogP contribution in [0.15, 0.2) is 18.2 Å². The maximum absolute atomic E-state index is 12.6. The van der Waals surface area contributed by atoms with E-state index in [0.29, 0.717) is 12.3 Å². The predicted octanol–water partition coefficient (Wildman–Crippen LogP) is 5.99. The summed E-state index contributed by atoms with van der Waals surface area (Å²) >= 11 is 6.32. The summed E-state index contributed by atoms with van der Waals surface area (Å²) < 4.78 is 2.51. The standard InChI is InChI=1S/C24H33ClN2O/c1-2-7-18-9-11-20-21-17-19(25)10-12-22(21)27(23(20)16-18)15-6-8-24(28)26-13-4-3-5-14-26/h10,12,17-18H,2-9,11,13-16H2,1H3. The molecule has 1 saturated heterocycles. The molecule has 28 heavy (non-hydrogen) atoms. The number of hydrogen-bond donors (Lipinski definition) is 0. The average Bonchev–Trinajstić information content (AvgIpc) is 3.01. The number of nitrogens with zero attached hydrogens (tertiary/aromatic N) is 2. The highest BCUT2D eigenvalue weighted by Gasteiger charge is 2.25. The highest BCUT2D eigenvalue weighted by Crippen LogP contribution is 2.37. The summed E-state index contributed by atoms with van der Waals surface area (Å²) in [7, 11) is 0. The quantitative estimate of drug-likeness (QED) is 0.584. The molecule has 1 aromatic carbocycles. The molecular weight excluding hydrogens is 368 g/mol. The molecule has 0 radical (unpaired) electrons. The van der Waals surface area contributed by atoms with Gasteiger partial charge in [0.1, 0.15) is 0 Å². The van der Waals surface area contributed by atoms with Gasteiger partial charge in [-0.05, 0) is 74.6 Å². The number of piperidine rings is 1. The van der Waals surface area contributed by atoms with Gasteiger partial charge in [0, 0.05) is 47.7 Å². The number of aryl methyl sites for hydroxylation is 2. The molecule has 1 aliphatic heterocycles. The summed E-state index contributed by atoms with van der Waals surface area (Å²) in [5.41, 5.74) is 4.32. The molecular formula is C24H33ClN2O. The summed E-state index contributed by atoms with van der Waals surface area (Å²) in [5.74, 6) is 1.14. The van der Waals surface area contributed by atoms with E-state index in [1.807, 2.05) is 6.07 Å². The van der Waals surface area contributed by atoms with Gasteiger partial charge in [-0.15, -0.1) is 0 Å². The van der Waals surface area contributed by atoms with Crippen molar-refractivity contribution in [1.82, 2.24) is 9.47 Å². The lowest BCUT2D eigenvalue weighted by molar-refractivity contribution is -0.132. The molecule has 2 heterocycles. The Morgan fingerprint density at radius 1 is 1.21 bits per heavy atom. The van der Waals surface area contributed by atoms with Crippen molar-refractivity contribution in [2.75, 3.05) is 13.1 Å². The molecule has 4 heteroatoms. The summed E-state index contributed by atoms with van der Waals surface area (Å²) in [6.07, 6.45) is 11.4. The van der Waals surface area contributed by atoms with Crippen LogP contribution in [-0.2, 0) is 24.2 Å². The molecule has 152 valence electrons. The van der Waals surface area contributed by atoms with Crippen LogP contribution in [0.5, 0.6) is 0 Å². The van der Waals surface area contributed by atoms with Crippen molar-refractivity contribution in [2.45, 2.75) is 77.7 Å². The van der Waals surface area contributed by atoms with Gasteiger partial charge in [-0.25, -0.2) is 0 Å². The minimum Gasteiger partial charge on any atom is -0.344 e. The molecule has 1 fully saturated rings. The number of fused-ring (bicyclic) bond motifs is 3. The third-order valence-corrected chi connectivity index (χ3v) is 6.95. The Morgan fingerprint density at radius 3 is 2.82 bits per heavy atom. The summed E-state index contributed by atoms with van der Waals surface area (Å²) in [4.78, 5) is 14.6. The summed E-state index contributed by atoms with van der Waals surface area (Å²) in [6, 6.07) is 6.33. The third-order valence-electron chi connectivity index (χ3n) is 6.71. The van der Waals surface area contributed by atoms with Crippen molar-refractivity contribution in [1.29, 1.82) is 0 Å². The minimum absolute atomic E-state index is 0.344. The zero-order chi connectivity index (χ0) is 19.5. The van der Waals surface area contributed by atoms with Crippen molar-refractivity contribution in [3.8, 4) is 0 Å². The second-order valence-corrected chi connectivity index (χ2v) is 9.12. The van der Waals surface area contributed by atoms with Crippen LogP contribution >= 0.6 is 11.6 Å². The lowest BCUT2D eigenvalue weighted by Gasteiger charge is -2.27. The van der Waals surface area contributed by atoms with E-state index in [4.69, 9.17) is 11.6 Å². The molecule has 0 bridgehead atoms. The van der Waals surface area contributed by atoms with Crippen molar-refractivity contribution in [2.24, 2.45) is 5.92 Å². The fourth-order valence-corrected chi connectivity index (χ4v) is 5.46. The summed E-state index contributed by atoms with van der Waals surface area (Å²) in [6.45, 7) is 5.14. The number of amides is 1. The van der Waals surface area contributed by atoms with Gasteiger partial charge in [0.25, 0.3) is 0 Å². The van der Waals surface area contributed by atoms with Gasteiger partial charge in [-0.2, -0.15) is 0 Å². The van der Waals surface area contributed by atoms with Crippen LogP contribution in [0.2, 0.25) is 5.02 Å². The molecule has 0 N–H and O–H groups in total. The molecule has 3 nitrogen and oxygen atoms in total. The van der Waals surface area contributed by atoms with Crippen LogP contribution < -0.4 is 0 Å². The Bertz CT molecular complexity index is 835. The molecule has 4 rings (SSSR count). The maximum Gasteiger partial charge on any atom is 0.222 e. The van der Waals surface area contributed by atoms with E-state index in [2.05, 4.69) is 28.5 Å². The van der Waals surface area contributed by atoms with Crippen LogP contribution in [0.3, 0.4) is 0 Å². The van der Waals surface area contributed by atoms with E-state index in [9.17, 15) is 4.79 Å². The topological polar surface area (TPSA) is 25.2 Å². The van der Waals surface area contributed by atoms with Gasteiger partial charge in [0.2, 0.25) is 5.91 Å². The molecule has 2 aliphatic rings. The normalized spacial score (nSPS) is 19.8. The van der Waals surface area contributed by atoms with Crippen LogP contribution in [0.1, 0.15) is 69.5 Å². The number of likely N-dealkylation sites (tertiary alicyclic amines) is 1. The fraction of sp³-hybridized carbons (Fsp3) is 0.625. The van der Waals surface area contributed by atoms with Crippen molar-refractivity contribution < 1.29 is 4.79 Å². The Hall–Kier alpha value is -1.48. The van der Waals surface area contributed by atoms with E-state index in [1.165, 1.54) is 67.1 Å². The molecule has 1 aliphatic carbocycles. The second-order valence-electron chi connectivity index (χ2n) is 8.68. The van der Waals surface area contributed by atoms with E-state index in [-0.39, 0.29) is 0 Å². The molecule has 1 aromatic heterocycles. The SMILES string of the molecule is CCCC1CCc2c(n(CCCC(=O)N3CCCCC3)c3ccc(Cl)cc23)C1. The Morgan fingerprint density at radius 2 is 2.04 bits per heavy atom. The lowest BCUT2D eigenvalue weighted by atomic mass is 9.84. The molecule has 1 unspecified atom stereocenters. The van der Waals surface area contributed by atoms with E-state index in [0.717, 1.165) is 43.4 Å². The zero-order valence-corrected chi connectivity index (χ0v) is 17.9.